The van der Waals surface area contributed by atoms with Gasteiger partial charge in [-0.3, -0.25) is 9.59 Å². The summed E-state index contributed by atoms with van der Waals surface area (Å²) in [5, 5.41) is 26.7. The summed E-state index contributed by atoms with van der Waals surface area (Å²) >= 11 is 0. The topological polar surface area (TPSA) is 98.7 Å². The molecule has 27 heavy (non-hydrogen) atoms. The molecule has 0 saturated heterocycles. The Balaban J connectivity index is 5.60. The maximum absolute atomic E-state index is 12.9. The molecule has 0 rings (SSSR count). The molecule has 0 unspecified atom stereocenters. The van der Waals surface area contributed by atoms with Crippen molar-refractivity contribution in [2.75, 3.05) is 0 Å². The molecule has 4 N–H and O–H groups in total. The van der Waals surface area contributed by atoms with Crippen molar-refractivity contribution in [2.45, 2.75) is 106 Å². The molecule has 0 fully saturated rings. The Morgan fingerprint density at radius 1 is 0.593 bits per heavy atom. The lowest BCUT2D eigenvalue weighted by Gasteiger charge is -2.43. The van der Waals surface area contributed by atoms with E-state index in [1.807, 2.05) is 41.5 Å². The van der Waals surface area contributed by atoms with Crippen LogP contribution in [-0.4, -0.2) is 45.3 Å². The van der Waals surface area contributed by atoms with Crippen LogP contribution in [0, 0.1) is 16.2 Å². The first-order valence-electron chi connectivity index (χ1n) is 9.59. The number of nitrogens with one attached hydrogen (secondary N) is 2. The fourth-order valence-electron chi connectivity index (χ4n) is 3.63. The summed E-state index contributed by atoms with van der Waals surface area (Å²) in [6, 6.07) is -1.09. The molecule has 0 aromatic heterocycles. The van der Waals surface area contributed by atoms with Gasteiger partial charge in [-0.05, 0) is 52.4 Å². The van der Waals surface area contributed by atoms with E-state index in [-0.39, 0.29) is 0 Å². The van der Waals surface area contributed by atoms with Crippen LogP contribution in [0.2, 0.25) is 0 Å². The first kappa shape index (κ1) is 25.9. The first-order chi connectivity index (χ1) is 11.5. The Bertz CT molecular complexity index is 464. The van der Waals surface area contributed by atoms with E-state index in [0.29, 0.717) is 0 Å². The van der Waals surface area contributed by atoms with Crippen LogP contribution < -0.4 is 10.6 Å². The van der Waals surface area contributed by atoms with E-state index in [1.54, 1.807) is 41.5 Å². The monoisotopic (exact) mass is 386 g/mol. The molecule has 0 radical (unpaired) electrons. The third-order valence-corrected chi connectivity index (χ3v) is 4.83. The predicted molar refractivity (Wildman–Crippen MR) is 109 cm³/mol. The molecule has 0 heterocycles. The second-order valence-corrected chi connectivity index (χ2v) is 11.5. The summed E-state index contributed by atoms with van der Waals surface area (Å²) < 4.78 is 0. The Morgan fingerprint density at radius 3 is 0.963 bits per heavy atom. The second-order valence-electron chi connectivity index (χ2n) is 11.5. The van der Waals surface area contributed by atoms with Gasteiger partial charge in [-0.15, -0.1) is 0 Å². The predicted octanol–water partition coefficient (Wildman–Crippen LogP) is 2.62. The largest absolute Gasteiger partial charge is 0.388 e. The Morgan fingerprint density at radius 2 is 0.815 bits per heavy atom. The van der Waals surface area contributed by atoms with E-state index in [0.717, 1.165) is 0 Å². The lowest BCUT2D eigenvalue weighted by Crippen LogP contribution is -2.63. The second kappa shape index (κ2) is 7.70. The van der Waals surface area contributed by atoms with E-state index in [2.05, 4.69) is 10.6 Å². The molecule has 2 amide bonds. The van der Waals surface area contributed by atoms with Gasteiger partial charge in [0.05, 0.1) is 23.3 Å². The SMILES string of the molecule is CC(C)(C(=O)N[C@H](C(C)(C)C)C(C)(C)O)C(=O)N[C@H](C(C)(C)C)C(C)(C)O. The summed E-state index contributed by atoms with van der Waals surface area (Å²) in [6.07, 6.45) is 0. The normalized spacial score (nSPS) is 16.5. The van der Waals surface area contributed by atoms with Crippen molar-refractivity contribution in [1.29, 1.82) is 0 Å². The molecule has 0 aromatic rings. The van der Waals surface area contributed by atoms with E-state index < -0.39 is 51.3 Å². The first-order valence-corrected chi connectivity index (χ1v) is 9.59. The zero-order valence-corrected chi connectivity index (χ0v) is 19.4. The zero-order chi connectivity index (χ0) is 22.2. The third-order valence-electron chi connectivity index (χ3n) is 4.83. The van der Waals surface area contributed by atoms with E-state index >= 15 is 0 Å². The maximum atomic E-state index is 12.9. The van der Waals surface area contributed by atoms with Gasteiger partial charge in [0.1, 0.15) is 5.41 Å². The molecule has 0 aliphatic carbocycles. The Labute approximate surface area is 165 Å². The molecule has 0 aliphatic heterocycles. The number of aliphatic hydroxyl groups is 2. The van der Waals surface area contributed by atoms with Crippen molar-refractivity contribution in [2.24, 2.45) is 16.2 Å². The van der Waals surface area contributed by atoms with Gasteiger partial charge >= 0.3 is 0 Å². The Hall–Kier alpha value is -1.14. The average Bonchev–Trinajstić information content (AvgIpc) is 2.35. The Kier molecular flexibility index (Phi) is 7.38. The number of hydrogen-bond acceptors (Lipinski definition) is 4. The molecule has 6 nitrogen and oxygen atoms in total. The number of amides is 2. The molecule has 0 spiro atoms. The highest BCUT2D eigenvalue weighted by Gasteiger charge is 2.46. The van der Waals surface area contributed by atoms with Crippen LogP contribution in [0.25, 0.3) is 0 Å². The maximum Gasteiger partial charge on any atom is 0.235 e. The lowest BCUT2D eigenvalue weighted by molar-refractivity contribution is -0.146. The molecule has 6 heteroatoms. The molecule has 2 atom stereocenters. The lowest BCUT2D eigenvalue weighted by atomic mass is 9.76. The molecular weight excluding hydrogens is 344 g/mol. The highest BCUT2D eigenvalue weighted by molar-refractivity contribution is 6.04. The highest BCUT2D eigenvalue weighted by Crippen LogP contribution is 2.31. The minimum absolute atomic E-state index is 0.401. The van der Waals surface area contributed by atoms with Gasteiger partial charge in [-0.2, -0.15) is 0 Å². The summed E-state index contributed by atoms with van der Waals surface area (Å²) in [5.74, 6) is -0.934. The number of hydrogen-bond donors (Lipinski definition) is 4. The van der Waals surface area contributed by atoms with Crippen molar-refractivity contribution in [3.8, 4) is 0 Å². The van der Waals surface area contributed by atoms with Crippen molar-refractivity contribution < 1.29 is 19.8 Å². The minimum Gasteiger partial charge on any atom is -0.388 e. The van der Waals surface area contributed by atoms with Gasteiger partial charge in [0.2, 0.25) is 11.8 Å². The van der Waals surface area contributed by atoms with Gasteiger partial charge in [0.25, 0.3) is 0 Å². The van der Waals surface area contributed by atoms with E-state index in [9.17, 15) is 19.8 Å². The van der Waals surface area contributed by atoms with Crippen LogP contribution in [0.4, 0.5) is 0 Å². The van der Waals surface area contributed by atoms with E-state index in [1.165, 1.54) is 0 Å². The van der Waals surface area contributed by atoms with Gasteiger partial charge in [0, 0.05) is 0 Å². The molecule has 160 valence electrons. The highest BCUT2D eigenvalue weighted by atomic mass is 16.3. The van der Waals surface area contributed by atoms with Crippen LogP contribution in [-0.2, 0) is 9.59 Å². The van der Waals surface area contributed by atoms with Gasteiger partial charge in [-0.1, -0.05) is 41.5 Å². The van der Waals surface area contributed by atoms with Crippen LogP contribution in [0.1, 0.15) is 83.1 Å². The fraction of sp³-hybridized carbons (Fsp3) is 0.905. The fourth-order valence-corrected chi connectivity index (χ4v) is 3.63. The molecular formula is C21H42N2O4. The van der Waals surface area contributed by atoms with E-state index in [4.69, 9.17) is 0 Å². The van der Waals surface area contributed by atoms with Crippen molar-refractivity contribution in [3.63, 3.8) is 0 Å². The van der Waals surface area contributed by atoms with Gasteiger partial charge in [0.15, 0.2) is 0 Å². The molecule has 0 aromatic carbocycles. The van der Waals surface area contributed by atoms with Crippen molar-refractivity contribution >= 4 is 11.8 Å². The molecule has 0 bridgehead atoms. The quantitative estimate of drug-likeness (QED) is 0.527. The summed E-state index contributed by atoms with van der Waals surface area (Å²) in [7, 11) is 0. The smallest absolute Gasteiger partial charge is 0.235 e. The average molecular weight is 387 g/mol. The van der Waals surface area contributed by atoms with Gasteiger partial charge < -0.3 is 20.8 Å². The van der Waals surface area contributed by atoms with Gasteiger partial charge in [-0.25, -0.2) is 0 Å². The number of carbonyl (C=O) groups excluding carboxylic acids is 2. The number of rotatable bonds is 6. The third kappa shape index (κ3) is 7.07. The zero-order valence-electron chi connectivity index (χ0n) is 19.4. The minimum atomic E-state index is -1.37. The van der Waals surface area contributed by atoms with Crippen LogP contribution >= 0.6 is 0 Å². The van der Waals surface area contributed by atoms with Crippen LogP contribution in [0.5, 0.6) is 0 Å². The standard InChI is InChI=1S/C21H42N2O4/c1-17(2,3)13(20(9,10)26)22-15(24)19(7,8)16(25)23-14(18(4,5)6)21(11,12)27/h13-14,26-27H,1-12H3,(H,22,24)(H,23,25)/t13-,14-/m1/s1. The van der Waals surface area contributed by atoms with Crippen LogP contribution in [0.3, 0.4) is 0 Å². The molecule has 0 saturated carbocycles. The summed E-state index contributed by atoms with van der Waals surface area (Å²) in [4.78, 5) is 25.9. The van der Waals surface area contributed by atoms with Crippen LogP contribution in [0.15, 0.2) is 0 Å². The molecule has 0 aliphatic rings. The summed E-state index contributed by atoms with van der Waals surface area (Å²) in [6.45, 7) is 21.2. The van der Waals surface area contributed by atoms with Crippen molar-refractivity contribution in [3.05, 3.63) is 0 Å². The number of carbonyl (C=O) groups is 2. The summed E-state index contributed by atoms with van der Waals surface area (Å²) in [5.41, 5.74) is -4.48. The van der Waals surface area contributed by atoms with Crippen molar-refractivity contribution in [1.82, 2.24) is 10.6 Å².